The van der Waals surface area contributed by atoms with Crippen molar-refractivity contribution in [1.29, 1.82) is 0 Å². The molecule has 0 aliphatic heterocycles. The van der Waals surface area contributed by atoms with Gasteiger partial charge in [0.2, 0.25) is 10.0 Å². The summed E-state index contributed by atoms with van der Waals surface area (Å²) in [5.41, 5.74) is 5.30. The average molecular weight is 311 g/mol. The van der Waals surface area contributed by atoms with Crippen molar-refractivity contribution < 1.29 is 12.8 Å². The van der Waals surface area contributed by atoms with E-state index in [0.29, 0.717) is 0 Å². The van der Waals surface area contributed by atoms with Crippen LogP contribution in [0.25, 0.3) is 0 Å². The maximum absolute atomic E-state index is 13.1. The molecule has 0 amide bonds. The Hall–Kier alpha value is -0.760. The number of hydrogen-bond acceptors (Lipinski definition) is 3. The molecule has 0 bridgehead atoms. The van der Waals surface area contributed by atoms with E-state index in [2.05, 4.69) is 12.2 Å². The highest BCUT2D eigenvalue weighted by molar-refractivity contribution is 7.89. The van der Waals surface area contributed by atoms with Crippen molar-refractivity contribution in [3.8, 4) is 0 Å². The molecule has 0 saturated carbocycles. The van der Waals surface area contributed by atoms with Crippen LogP contribution >= 0.6 is 23.8 Å². The highest BCUT2D eigenvalue weighted by Crippen LogP contribution is 2.24. The molecule has 0 aliphatic rings. The Morgan fingerprint density at radius 1 is 1.56 bits per heavy atom. The van der Waals surface area contributed by atoms with E-state index in [1.165, 1.54) is 13.1 Å². The first-order valence-corrected chi connectivity index (χ1v) is 7.17. The molecule has 1 aromatic carbocycles. The smallest absolute Gasteiger partial charge is 0.244 e. The second kappa shape index (κ2) is 5.92. The summed E-state index contributed by atoms with van der Waals surface area (Å²) in [6.45, 7) is 0.116. The van der Waals surface area contributed by atoms with Crippen molar-refractivity contribution in [3.05, 3.63) is 29.0 Å². The second-order valence-electron chi connectivity index (χ2n) is 3.62. The minimum atomic E-state index is -3.84. The molecule has 100 valence electrons. The molecule has 0 aliphatic carbocycles. The Morgan fingerprint density at radius 3 is 2.72 bits per heavy atom. The minimum Gasteiger partial charge on any atom is -0.393 e. The van der Waals surface area contributed by atoms with Crippen LogP contribution in [0.2, 0.25) is 5.02 Å². The second-order valence-corrected chi connectivity index (χ2v) is 6.56. The van der Waals surface area contributed by atoms with Crippen LogP contribution in [0.15, 0.2) is 23.1 Å². The van der Waals surface area contributed by atoms with E-state index < -0.39 is 15.8 Å². The van der Waals surface area contributed by atoms with Crippen molar-refractivity contribution in [3.63, 3.8) is 0 Å². The van der Waals surface area contributed by atoms with Crippen LogP contribution in [0.1, 0.15) is 6.42 Å². The molecule has 1 aromatic rings. The number of halogens is 2. The summed E-state index contributed by atoms with van der Waals surface area (Å²) in [7, 11) is -2.49. The third-order valence-electron chi connectivity index (χ3n) is 2.25. The predicted molar refractivity (Wildman–Crippen MR) is 72.6 cm³/mol. The van der Waals surface area contributed by atoms with Crippen LogP contribution in [0, 0.1) is 5.82 Å². The Bertz CT molecular complexity index is 563. The van der Waals surface area contributed by atoms with E-state index in [1.54, 1.807) is 0 Å². The maximum atomic E-state index is 13.1. The van der Waals surface area contributed by atoms with Gasteiger partial charge in [0.05, 0.1) is 10.0 Å². The quantitative estimate of drug-likeness (QED) is 0.842. The summed E-state index contributed by atoms with van der Waals surface area (Å²) in [4.78, 5) is -0.0583. The number of rotatable bonds is 5. The van der Waals surface area contributed by atoms with Crippen LogP contribution < -0.4 is 5.73 Å². The number of benzene rings is 1. The summed E-state index contributed by atoms with van der Waals surface area (Å²) < 4.78 is 38.3. The van der Waals surface area contributed by atoms with Crippen molar-refractivity contribution in [1.82, 2.24) is 4.31 Å². The van der Waals surface area contributed by atoms with Crippen LogP contribution in [-0.2, 0) is 10.0 Å². The minimum absolute atomic E-state index is 0.0291. The lowest BCUT2D eigenvalue weighted by molar-refractivity contribution is 0.478. The van der Waals surface area contributed by atoms with Crippen LogP contribution in [0.3, 0.4) is 0 Å². The van der Waals surface area contributed by atoms with Gasteiger partial charge >= 0.3 is 0 Å². The fourth-order valence-corrected chi connectivity index (χ4v) is 2.98. The number of nitrogens with zero attached hydrogens (tertiary/aromatic N) is 1. The lowest BCUT2D eigenvalue weighted by Crippen LogP contribution is -2.30. The van der Waals surface area contributed by atoms with Crippen molar-refractivity contribution in [2.45, 2.75) is 11.3 Å². The van der Waals surface area contributed by atoms with Gasteiger partial charge in [-0.25, -0.2) is 17.1 Å². The largest absolute Gasteiger partial charge is 0.393 e. The Kier molecular flexibility index (Phi) is 5.03. The Labute approximate surface area is 116 Å². The normalized spacial score (nSPS) is 11.8. The molecule has 2 N–H and O–H groups in total. The Balaban J connectivity index is 3.05. The molecule has 0 saturated heterocycles. The van der Waals surface area contributed by atoms with E-state index in [1.807, 2.05) is 0 Å². The first-order chi connectivity index (χ1) is 8.25. The lowest BCUT2D eigenvalue weighted by Gasteiger charge is -2.17. The maximum Gasteiger partial charge on any atom is 0.244 e. The monoisotopic (exact) mass is 310 g/mol. The summed E-state index contributed by atoms with van der Waals surface area (Å²) in [5.74, 6) is -0.666. The van der Waals surface area contributed by atoms with Crippen LogP contribution in [0.4, 0.5) is 4.39 Å². The van der Waals surface area contributed by atoms with Gasteiger partial charge in [0.15, 0.2) is 0 Å². The number of hydrogen-bond donors (Lipinski definition) is 1. The predicted octanol–water partition coefficient (Wildman–Crippen LogP) is 1.78. The van der Waals surface area contributed by atoms with Gasteiger partial charge in [0.1, 0.15) is 10.7 Å². The van der Waals surface area contributed by atoms with Gasteiger partial charge in [-0.1, -0.05) is 23.8 Å². The van der Waals surface area contributed by atoms with E-state index in [4.69, 9.17) is 17.3 Å². The van der Waals surface area contributed by atoms with Crippen molar-refractivity contribution >= 4 is 38.8 Å². The molecule has 18 heavy (non-hydrogen) atoms. The molecule has 0 aromatic heterocycles. The van der Waals surface area contributed by atoms with Gasteiger partial charge < -0.3 is 5.73 Å². The van der Waals surface area contributed by atoms with Crippen molar-refractivity contribution in [2.24, 2.45) is 5.73 Å². The standard InChI is InChI=1S/C10H12ClFN2O2S2/c1-14(5-4-10(13)17)18(15,16)9-6-7(12)2-3-8(9)11/h2-3,6H,4-5H2,1H3,(H2,13,17). The van der Waals surface area contributed by atoms with E-state index in [-0.39, 0.29) is 27.9 Å². The SMILES string of the molecule is CN(CCC(N)=S)S(=O)(=O)c1cc(F)ccc1Cl. The molecule has 8 heteroatoms. The number of sulfonamides is 1. The zero-order valence-corrected chi connectivity index (χ0v) is 11.9. The van der Waals surface area contributed by atoms with Crippen LogP contribution in [-0.4, -0.2) is 31.3 Å². The lowest BCUT2D eigenvalue weighted by atomic mass is 10.3. The van der Waals surface area contributed by atoms with E-state index in [0.717, 1.165) is 16.4 Å². The molecule has 0 unspecified atom stereocenters. The Morgan fingerprint density at radius 2 is 2.17 bits per heavy atom. The fraction of sp³-hybridized carbons (Fsp3) is 0.300. The van der Waals surface area contributed by atoms with Crippen molar-refractivity contribution in [2.75, 3.05) is 13.6 Å². The third kappa shape index (κ3) is 3.61. The summed E-state index contributed by atoms with van der Waals surface area (Å²) in [6.07, 6.45) is 0.248. The fourth-order valence-electron chi connectivity index (χ4n) is 1.23. The first kappa shape index (κ1) is 15.3. The average Bonchev–Trinajstić information content (AvgIpc) is 2.28. The van der Waals surface area contributed by atoms with Gasteiger partial charge in [0.25, 0.3) is 0 Å². The molecular weight excluding hydrogens is 299 g/mol. The summed E-state index contributed by atoms with van der Waals surface area (Å²) in [5, 5.41) is -0.0291. The molecule has 0 fully saturated rings. The molecule has 0 atom stereocenters. The van der Waals surface area contributed by atoms with Crippen LogP contribution in [0.5, 0.6) is 0 Å². The highest BCUT2D eigenvalue weighted by atomic mass is 35.5. The summed E-state index contributed by atoms with van der Waals surface area (Å²) >= 11 is 10.4. The zero-order chi connectivity index (χ0) is 13.9. The van der Waals surface area contributed by atoms with Gasteiger partial charge in [0, 0.05) is 20.0 Å². The molecule has 0 radical (unpaired) electrons. The van der Waals surface area contributed by atoms with Gasteiger partial charge in [-0.05, 0) is 18.2 Å². The molecule has 1 rings (SSSR count). The van der Waals surface area contributed by atoms with E-state index in [9.17, 15) is 12.8 Å². The summed E-state index contributed by atoms with van der Waals surface area (Å²) in [6, 6.07) is 3.18. The molecule has 4 nitrogen and oxygen atoms in total. The van der Waals surface area contributed by atoms with E-state index >= 15 is 0 Å². The number of nitrogens with two attached hydrogens (primary N) is 1. The molecule has 0 spiro atoms. The first-order valence-electron chi connectivity index (χ1n) is 4.95. The zero-order valence-electron chi connectivity index (χ0n) is 9.56. The van der Waals surface area contributed by atoms with Gasteiger partial charge in [-0.2, -0.15) is 0 Å². The highest BCUT2D eigenvalue weighted by Gasteiger charge is 2.23. The number of thiocarbonyl (C=S) groups is 1. The van der Waals surface area contributed by atoms with Gasteiger partial charge in [-0.15, -0.1) is 0 Å². The molecular formula is C10H12ClFN2O2S2. The topological polar surface area (TPSA) is 63.4 Å². The molecule has 0 heterocycles. The third-order valence-corrected chi connectivity index (χ3v) is 4.80. The van der Waals surface area contributed by atoms with Gasteiger partial charge in [-0.3, -0.25) is 0 Å².